The number of fused-ring (bicyclic) bond motifs is 1. The lowest BCUT2D eigenvalue weighted by atomic mass is 9.97. The molecule has 4 rings (SSSR count). The Morgan fingerprint density at radius 2 is 1.77 bits per heavy atom. The molecule has 1 N–H and O–H groups in total. The molecule has 2 aliphatic rings. The topological polar surface area (TPSA) is 77.1 Å². The summed E-state index contributed by atoms with van der Waals surface area (Å²) in [6.07, 6.45) is 0. The van der Waals surface area contributed by atoms with Crippen LogP contribution >= 0.6 is 0 Å². The molecule has 0 fully saturated rings. The molecule has 0 aliphatic carbocycles. The minimum atomic E-state index is -0.373. The van der Waals surface area contributed by atoms with Crippen molar-refractivity contribution in [1.29, 1.82) is 0 Å². The van der Waals surface area contributed by atoms with Crippen LogP contribution in [0.2, 0.25) is 0 Å². The maximum atomic E-state index is 13.2. The molecule has 0 spiro atoms. The first kappa shape index (κ1) is 20.0. The number of anilines is 1. The molecule has 2 aromatic carbocycles. The third-order valence-corrected chi connectivity index (χ3v) is 5.15. The first-order valence-corrected chi connectivity index (χ1v) is 9.83. The molecule has 2 aromatic rings. The Labute approximate surface area is 175 Å². The summed E-state index contributed by atoms with van der Waals surface area (Å²) in [5.74, 6) is 0.560. The minimum Gasteiger partial charge on any atom is -0.486 e. The number of carbonyl (C=O) groups is 2. The average Bonchev–Trinajstić information content (AvgIpc) is 2.96. The number of benzene rings is 2. The van der Waals surface area contributed by atoms with Crippen LogP contribution < -0.4 is 14.8 Å². The number of nitrogens with one attached hydrogen (secondary N) is 1. The van der Waals surface area contributed by atoms with Crippen LogP contribution in [-0.4, -0.2) is 50.2 Å². The van der Waals surface area contributed by atoms with Gasteiger partial charge in [-0.1, -0.05) is 23.8 Å². The number of ether oxygens (including phenoxy) is 3. The van der Waals surface area contributed by atoms with Crippen LogP contribution in [0.4, 0.5) is 5.69 Å². The molecule has 156 valence electrons. The highest BCUT2D eigenvalue weighted by Gasteiger charge is 2.39. The molecule has 0 atom stereocenters. The summed E-state index contributed by atoms with van der Waals surface area (Å²) in [5, 5.41) is 3.16. The molecule has 0 saturated heterocycles. The van der Waals surface area contributed by atoms with Crippen molar-refractivity contribution in [2.45, 2.75) is 13.8 Å². The number of amides is 2. The molecule has 0 aromatic heterocycles. The summed E-state index contributed by atoms with van der Waals surface area (Å²) in [7, 11) is 1.54. The van der Waals surface area contributed by atoms with Crippen LogP contribution in [0.15, 0.2) is 42.1 Å². The van der Waals surface area contributed by atoms with Gasteiger partial charge in [0.1, 0.15) is 18.9 Å². The summed E-state index contributed by atoms with van der Waals surface area (Å²) in [5.41, 5.74) is 4.01. The Bertz CT molecular complexity index is 1040. The normalized spacial score (nSPS) is 15.8. The maximum Gasteiger partial charge on any atom is 0.278 e. The lowest BCUT2D eigenvalue weighted by Crippen LogP contribution is -2.35. The van der Waals surface area contributed by atoms with Crippen molar-refractivity contribution >= 4 is 23.1 Å². The van der Waals surface area contributed by atoms with Crippen molar-refractivity contribution in [2.75, 3.05) is 38.8 Å². The van der Waals surface area contributed by atoms with E-state index in [1.54, 1.807) is 18.2 Å². The molecule has 7 nitrogen and oxygen atoms in total. The second-order valence-electron chi connectivity index (χ2n) is 7.31. The molecule has 0 unspecified atom stereocenters. The minimum absolute atomic E-state index is 0.189. The fourth-order valence-electron chi connectivity index (χ4n) is 3.69. The number of carbonyl (C=O) groups excluding carboxylic acids is 2. The van der Waals surface area contributed by atoms with Crippen LogP contribution in [0.3, 0.4) is 0 Å². The van der Waals surface area contributed by atoms with E-state index in [1.165, 1.54) is 12.0 Å². The highest BCUT2D eigenvalue weighted by molar-refractivity contribution is 6.36. The van der Waals surface area contributed by atoms with Crippen LogP contribution in [-0.2, 0) is 14.3 Å². The maximum absolute atomic E-state index is 13.2. The first-order valence-electron chi connectivity index (χ1n) is 9.83. The van der Waals surface area contributed by atoms with Crippen LogP contribution in [0.25, 0.3) is 5.57 Å². The van der Waals surface area contributed by atoms with E-state index in [9.17, 15) is 9.59 Å². The molecular weight excluding hydrogens is 384 g/mol. The number of imide groups is 1. The van der Waals surface area contributed by atoms with Crippen LogP contribution in [0, 0.1) is 13.8 Å². The van der Waals surface area contributed by atoms with Gasteiger partial charge in [0.2, 0.25) is 0 Å². The van der Waals surface area contributed by atoms with Gasteiger partial charge in [0.15, 0.2) is 11.5 Å². The van der Waals surface area contributed by atoms with E-state index < -0.39 is 0 Å². The van der Waals surface area contributed by atoms with Gasteiger partial charge in [-0.25, -0.2) is 0 Å². The van der Waals surface area contributed by atoms with Crippen molar-refractivity contribution < 1.29 is 23.8 Å². The van der Waals surface area contributed by atoms with Crippen LogP contribution in [0.5, 0.6) is 11.5 Å². The van der Waals surface area contributed by atoms with Crippen molar-refractivity contribution in [3.8, 4) is 11.5 Å². The highest BCUT2D eigenvalue weighted by Crippen LogP contribution is 2.36. The number of aryl methyl sites for hydroxylation is 2. The molecular formula is C23H24N2O5. The van der Waals surface area contributed by atoms with E-state index in [2.05, 4.69) is 5.32 Å². The van der Waals surface area contributed by atoms with E-state index in [4.69, 9.17) is 14.2 Å². The third kappa shape index (κ3) is 3.64. The van der Waals surface area contributed by atoms with E-state index in [-0.39, 0.29) is 30.7 Å². The molecule has 7 heteroatoms. The van der Waals surface area contributed by atoms with Gasteiger partial charge in [-0.15, -0.1) is 0 Å². The van der Waals surface area contributed by atoms with Gasteiger partial charge >= 0.3 is 0 Å². The number of rotatable bonds is 6. The Kier molecular flexibility index (Phi) is 5.46. The quantitative estimate of drug-likeness (QED) is 0.741. The van der Waals surface area contributed by atoms with Crippen LogP contribution in [0.1, 0.15) is 16.7 Å². The van der Waals surface area contributed by atoms with Gasteiger partial charge in [0.25, 0.3) is 11.8 Å². The third-order valence-electron chi connectivity index (χ3n) is 5.15. The predicted octanol–water partition coefficient (Wildman–Crippen LogP) is 2.91. The Morgan fingerprint density at radius 1 is 1.00 bits per heavy atom. The largest absolute Gasteiger partial charge is 0.486 e. The molecule has 2 amide bonds. The van der Waals surface area contributed by atoms with Crippen molar-refractivity contribution in [3.05, 3.63) is 58.8 Å². The molecule has 2 heterocycles. The second kappa shape index (κ2) is 8.20. The smallest absolute Gasteiger partial charge is 0.278 e. The molecule has 0 radical (unpaired) electrons. The summed E-state index contributed by atoms with van der Waals surface area (Å²) in [6.45, 7) is 5.36. The Morgan fingerprint density at radius 3 is 2.50 bits per heavy atom. The van der Waals surface area contributed by atoms with E-state index in [0.717, 1.165) is 16.7 Å². The van der Waals surface area contributed by atoms with Crippen molar-refractivity contribution in [3.63, 3.8) is 0 Å². The zero-order chi connectivity index (χ0) is 21.3. The van der Waals surface area contributed by atoms with Gasteiger partial charge in [-0.05, 0) is 37.1 Å². The number of hydrogen-bond acceptors (Lipinski definition) is 6. The number of methoxy groups -OCH3 is 1. The van der Waals surface area contributed by atoms with Crippen molar-refractivity contribution in [1.82, 2.24) is 4.90 Å². The SMILES string of the molecule is COCCN1C(=O)C(Nc2ccc3c(c2)OCCO3)=C(c2ccc(C)cc2C)C1=O. The summed E-state index contributed by atoms with van der Waals surface area (Å²) in [6, 6.07) is 11.2. The van der Waals surface area contributed by atoms with Gasteiger partial charge in [-0.3, -0.25) is 14.5 Å². The standard InChI is InChI=1S/C23H24N2O5/c1-14-4-6-17(15(2)12-14)20-21(23(27)25(22(20)26)8-9-28-3)24-16-5-7-18-19(13-16)30-11-10-29-18/h4-7,12-13,24H,8-11H2,1-3H3. The fourth-order valence-corrected chi connectivity index (χ4v) is 3.69. The Hall–Kier alpha value is -3.32. The van der Waals surface area contributed by atoms with Gasteiger partial charge in [0, 0.05) is 18.9 Å². The highest BCUT2D eigenvalue weighted by atomic mass is 16.6. The molecule has 0 saturated carbocycles. The van der Waals surface area contributed by atoms with Crippen molar-refractivity contribution in [2.24, 2.45) is 0 Å². The van der Waals surface area contributed by atoms with E-state index in [0.29, 0.717) is 36.0 Å². The lowest BCUT2D eigenvalue weighted by Gasteiger charge is -2.19. The lowest BCUT2D eigenvalue weighted by molar-refractivity contribution is -0.137. The second-order valence-corrected chi connectivity index (χ2v) is 7.31. The summed E-state index contributed by atoms with van der Waals surface area (Å²) >= 11 is 0. The summed E-state index contributed by atoms with van der Waals surface area (Å²) in [4.78, 5) is 27.6. The zero-order valence-electron chi connectivity index (χ0n) is 17.3. The average molecular weight is 408 g/mol. The van der Waals surface area contributed by atoms with E-state index in [1.807, 2.05) is 32.0 Å². The number of hydrogen-bond donors (Lipinski definition) is 1. The van der Waals surface area contributed by atoms with E-state index >= 15 is 0 Å². The van der Waals surface area contributed by atoms with Gasteiger partial charge in [0.05, 0.1) is 18.7 Å². The molecule has 0 bridgehead atoms. The zero-order valence-corrected chi connectivity index (χ0v) is 17.3. The predicted molar refractivity (Wildman–Crippen MR) is 112 cm³/mol. The van der Waals surface area contributed by atoms with Gasteiger partial charge in [-0.2, -0.15) is 0 Å². The molecule has 2 aliphatic heterocycles. The monoisotopic (exact) mass is 408 g/mol. The van der Waals surface area contributed by atoms with Gasteiger partial charge < -0.3 is 19.5 Å². The Balaban J connectivity index is 1.76. The fraction of sp³-hybridized carbons (Fsp3) is 0.304. The summed E-state index contributed by atoms with van der Waals surface area (Å²) < 4.78 is 16.3. The number of nitrogens with zero attached hydrogens (tertiary/aromatic N) is 1. The molecule has 30 heavy (non-hydrogen) atoms. The first-order chi connectivity index (χ1) is 14.5.